The van der Waals surface area contributed by atoms with Crippen LogP contribution in [0, 0.1) is 46.3 Å². The third kappa shape index (κ3) is 10.1. The molecule has 0 heterocycles. The van der Waals surface area contributed by atoms with Crippen LogP contribution in [0.3, 0.4) is 0 Å². The average molecular weight is 697 g/mol. The third-order valence-corrected chi connectivity index (χ3v) is 6.68. The molecule has 5 nitrogen and oxygen atoms in total. The minimum absolute atomic E-state index is 0.109. The molecule has 0 aromatic heterocycles. The fourth-order valence-corrected chi connectivity index (χ4v) is 4.18. The molecule has 4 aromatic rings. The quantitative estimate of drug-likeness (QED) is 0.128. The molecule has 13 heteroatoms. The summed E-state index contributed by atoms with van der Waals surface area (Å²) in [5.41, 5.74) is -0.143. The summed E-state index contributed by atoms with van der Waals surface area (Å²) in [6.07, 6.45) is -8.99. The van der Waals surface area contributed by atoms with E-state index in [1.165, 1.54) is 49.4 Å². The predicted octanol–water partition coefficient (Wildman–Crippen LogP) is 9.16. The van der Waals surface area contributed by atoms with Gasteiger partial charge in [-0.1, -0.05) is 46.9 Å². The van der Waals surface area contributed by atoms with Gasteiger partial charge in [0.15, 0.2) is 5.78 Å². The minimum atomic E-state index is -4.51. The monoisotopic (exact) mass is 696 g/mol. The highest BCUT2D eigenvalue weighted by Crippen LogP contribution is 2.33. The van der Waals surface area contributed by atoms with Crippen LogP contribution in [-0.4, -0.2) is 16.9 Å². The second-order valence-corrected chi connectivity index (χ2v) is 10.4. The largest absolute Gasteiger partial charge is 0.478 e. The number of carboxylic acid groups (broad SMARTS) is 1. The molecule has 0 spiro atoms. The molecule has 0 aliphatic heterocycles. The van der Waals surface area contributed by atoms with Crippen molar-refractivity contribution in [3.8, 4) is 35.8 Å². The van der Waals surface area contributed by atoms with Crippen LogP contribution in [0.15, 0.2) is 72.8 Å². The van der Waals surface area contributed by atoms with E-state index in [9.17, 15) is 35.9 Å². The van der Waals surface area contributed by atoms with Gasteiger partial charge in [-0.3, -0.25) is 4.79 Å². The Morgan fingerprint density at radius 3 is 1.31 bits per heavy atom. The Kier molecular flexibility index (Phi) is 11.7. The van der Waals surface area contributed by atoms with Gasteiger partial charge in [0.25, 0.3) is 0 Å². The SMILES string of the molecule is CC(=O)c1cc(C#N)cc(C#Cc2ccc(C(F)(F)F)cc2Cl)c1.N#Cc1cc(C#Cc2ccc(C(F)(F)F)cc2Cl)cc(C(=O)O)c1. The van der Waals surface area contributed by atoms with E-state index in [-0.39, 0.29) is 49.2 Å². The smallest absolute Gasteiger partial charge is 0.416 e. The zero-order chi connectivity index (χ0) is 35.8. The molecule has 0 bridgehead atoms. The molecule has 240 valence electrons. The lowest BCUT2D eigenvalue weighted by molar-refractivity contribution is -0.138. The number of aromatic carboxylic acids is 1. The van der Waals surface area contributed by atoms with Crippen LogP contribution in [0.1, 0.15) is 72.1 Å². The van der Waals surface area contributed by atoms with Gasteiger partial charge in [0.05, 0.1) is 50.0 Å². The molecule has 1 N–H and O–H groups in total. The van der Waals surface area contributed by atoms with Gasteiger partial charge in [0.2, 0.25) is 0 Å². The Bertz CT molecular complexity index is 1990. The third-order valence-electron chi connectivity index (χ3n) is 6.05. The maximum atomic E-state index is 12.6. The first-order chi connectivity index (χ1) is 22.4. The highest BCUT2D eigenvalue weighted by Gasteiger charge is 2.31. The molecule has 0 unspecified atom stereocenters. The summed E-state index contributed by atoms with van der Waals surface area (Å²) < 4.78 is 75.5. The Balaban J connectivity index is 0.000000260. The van der Waals surface area contributed by atoms with Crippen molar-refractivity contribution in [2.75, 3.05) is 0 Å². The summed E-state index contributed by atoms with van der Waals surface area (Å²) in [5, 5.41) is 26.5. The van der Waals surface area contributed by atoms with Gasteiger partial charge in [0, 0.05) is 27.8 Å². The van der Waals surface area contributed by atoms with Gasteiger partial charge in [-0.15, -0.1) is 0 Å². The molecule has 0 atom stereocenters. The molecule has 0 saturated heterocycles. The van der Waals surface area contributed by atoms with Gasteiger partial charge < -0.3 is 5.11 Å². The molecule has 4 aromatic carbocycles. The maximum Gasteiger partial charge on any atom is 0.416 e. The predicted molar refractivity (Wildman–Crippen MR) is 164 cm³/mol. The maximum absolute atomic E-state index is 12.6. The van der Waals surface area contributed by atoms with E-state index in [4.69, 9.17) is 38.8 Å². The number of rotatable bonds is 2. The second-order valence-electron chi connectivity index (χ2n) is 9.57. The van der Waals surface area contributed by atoms with Crippen LogP contribution in [0.5, 0.6) is 0 Å². The summed E-state index contributed by atoms with van der Waals surface area (Å²) in [4.78, 5) is 22.4. The highest BCUT2D eigenvalue weighted by molar-refractivity contribution is 6.32. The fraction of sp³-hybridized carbons (Fsp3) is 0.0857. The van der Waals surface area contributed by atoms with Crippen molar-refractivity contribution in [1.29, 1.82) is 10.5 Å². The molecule has 48 heavy (non-hydrogen) atoms. The number of carbonyl (C=O) groups is 2. The summed E-state index contributed by atoms with van der Waals surface area (Å²) in [5.74, 6) is 9.10. The summed E-state index contributed by atoms with van der Waals surface area (Å²) in [7, 11) is 0. The first-order valence-electron chi connectivity index (χ1n) is 13.0. The summed E-state index contributed by atoms with van der Waals surface area (Å²) in [6.45, 7) is 1.36. The van der Waals surface area contributed by atoms with Crippen LogP contribution in [0.4, 0.5) is 26.3 Å². The summed E-state index contributed by atoms with van der Waals surface area (Å²) in [6, 6.07) is 17.6. The Morgan fingerprint density at radius 2 is 0.979 bits per heavy atom. The van der Waals surface area contributed by atoms with Gasteiger partial charge in [-0.05, 0) is 79.7 Å². The van der Waals surface area contributed by atoms with Crippen LogP contribution >= 0.6 is 23.2 Å². The van der Waals surface area contributed by atoms with Gasteiger partial charge >= 0.3 is 18.3 Å². The van der Waals surface area contributed by atoms with E-state index in [1.807, 2.05) is 12.1 Å². The molecule has 0 amide bonds. The first-order valence-corrected chi connectivity index (χ1v) is 13.8. The Morgan fingerprint density at radius 1 is 0.604 bits per heavy atom. The number of hydrogen-bond acceptors (Lipinski definition) is 4. The molecular weight excluding hydrogens is 681 g/mol. The van der Waals surface area contributed by atoms with Crippen molar-refractivity contribution in [3.05, 3.63) is 138 Å². The van der Waals surface area contributed by atoms with Crippen LogP contribution in [-0.2, 0) is 12.4 Å². The van der Waals surface area contributed by atoms with Crippen LogP contribution < -0.4 is 0 Å². The number of nitriles is 2. The van der Waals surface area contributed by atoms with E-state index in [2.05, 4.69) is 23.7 Å². The van der Waals surface area contributed by atoms with Crippen molar-refractivity contribution >= 4 is 35.0 Å². The topological polar surface area (TPSA) is 102 Å². The van der Waals surface area contributed by atoms with Crippen molar-refractivity contribution in [1.82, 2.24) is 0 Å². The number of Topliss-reactive ketones (excluding diaryl/α,β-unsaturated/α-hetero) is 1. The average Bonchev–Trinajstić information content (AvgIpc) is 3.02. The van der Waals surface area contributed by atoms with Gasteiger partial charge in [-0.2, -0.15) is 36.9 Å². The van der Waals surface area contributed by atoms with Crippen molar-refractivity contribution in [3.63, 3.8) is 0 Å². The van der Waals surface area contributed by atoms with E-state index in [0.29, 0.717) is 11.1 Å². The molecule has 0 aliphatic carbocycles. The second kappa shape index (κ2) is 15.2. The van der Waals surface area contributed by atoms with E-state index in [1.54, 1.807) is 0 Å². The Hall–Kier alpha value is -5.72. The number of carboxylic acids is 1. The summed E-state index contributed by atoms with van der Waals surface area (Å²) >= 11 is 11.6. The van der Waals surface area contributed by atoms with E-state index >= 15 is 0 Å². The number of hydrogen-bond donors (Lipinski definition) is 1. The number of nitrogens with zero attached hydrogens (tertiary/aromatic N) is 2. The lowest BCUT2D eigenvalue weighted by Gasteiger charge is -2.07. The standard InChI is InChI=1S/C18H9ClF3NO.C17H7ClF3NO2/c1-11(24)15-7-12(6-13(8-15)10-23)2-3-14-4-5-16(9-17(14)19)18(20,21)22;18-15-8-14(17(19,20)21)4-3-12(15)2-1-10-5-11(9-22)7-13(6-10)16(23)24/h4-9H,1H3;3-8H,(H,23,24). The molecule has 0 fully saturated rings. The highest BCUT2D eigenvalue weighted by atomic mass is 35.5. The minimum Gasteiger partial charge on any atom is -0.478 e. The van der Waals surface area contributed by atoms with Gasteiger partial charge in [0.1, 0.15) is 0 Å². The zero-order valence-corrected chi connectivity index (χ0v) is 25.6. The molecule has 4 rings (SSSR count). The number of benzene rings is 4. The molecule has 0 aliphatic rings. The molecule has 0 saturated carbocycles. The van der Waals surface area contributed by atoms with Crippen molar-refractivity contribution in [2.24, 2.45) is 0 Å². The van der Waals surface area contributed by atoms with E-state index in [0.717, 1.165) is 30.3 Å². The lowest BCUT2D eigenvalue weighted by atomic mass is 10.0. The van der Waals surface area contributed by atoms with Crippen LogP contribution in [0.2, 0.25) is 10.0 Å². The number of carbonyl (C=O) groups excluding carboxylic acids is 1. The Labute approximate surface area is 279 Å². The zero-order valence-electron chi connectivity index (χ0n) is 24.1. The normalized spacial score (nSPS) is 10.5. The first kappa shape index (κ1) is 36.7. The molecular formula is C35H16Cl2F6N2O3. The number of halogens is 8. The van der Waals surface area contributed by atoms with Gasteiger partial charge in [-0.25, -0.2) is 4.79 Å². The number of ketones is 1. The lowest BCUT2D eigenvalue weighted by Crippen LogP contribution is -2.04. The van der Waals surface area contributed by atoms with Crippen molar-refractivity contribution < 1.29 is 41.0 Å². The van der Waals surface area contributed by atoms with E-state index < -0.39 is 29.4 Å². The fourth-order valence-electron chi connectivity index (χ4n) is 3.72. The number of alkyl halides is 6. The van der Waals surface area contributed by atoms with Crippen molar-refractivity contribution in [2.45, 2.75) is 19.3 Å². The van der Waals surface area contributed by atoms with Crippen LogP contribution in [0.25, 0.3) is 0 Å². The molecule has 0 radical (unpaired) electrons.